The van der Waals surface area contributed by atoms with Gasteiger partial charge in [-0.05, 0) is 42.7 Å². The number of urea groups is 1. The number of amides is 4. The van der Waals surface area contributed by atoms with E-state index in [-0.39, 0.29) is 0 Å². The van der Waals surface area contributed by atoms with Crippen molar-refractivity contribution in [3.63, 3.8) is 0 Å². The first-order valence-corrected chi connectivity index (χ1v) is 10.6. The number of imide groups is 2. The predicted octanol–water partition coefficient (Wildman–Crippen LogP) is 3.83. The van der Waals surface area contributed by atoms with Gasteiger partial charge in [0.05, 0.1) is 5.71 Å². The fourth-order valence-corrected chi connectivity index (χ4v) is 4.18. The second kappa shape index (κ2) is 8.59. The Morgan fingerprint density at radius 2 is 1.62 bits per heavy atom. The van der Waals surface area contributed by atoms with Crippen LogP contribution in [0.25, 0.3) is 10.9 Å². The number of nitrogens with one attached hydrogen (secondary N) is 1. The summed E-state index contributed by atoms with van der Waals surface area (Å²) in [6, 6.07) is 14.2. The lowest BCUT2D eigenvalue weighted by atomic mass is 9.92. The van der Waals surface area contributed by atoms with E-state index in [0.29, 0.717) is 29.3 Å². The summed E-state index contributed by atoms with van der Waals surface area (Å²) in [7, 11) is 2.74. The van der Waals surface area contributed by atoms with Crippen LogP contribution in [0, 0.1) is 12.8 Å². The molecule has 1 fully saturated rings. The molecule has 4 rings (SSSR count). The minimum atomic E-state index is -1.19. The first-order valence-electron chi connectivity index (χ1n) is 10.2. The maximum Gasteiger partial charge on any atom is 0.332 e. The summed E-state index contributed by atoms with van der Waals surface area (Å²) in [6.07, 6.45) is 0.632. The van der Waals surface area contributed by atoms with Gasteiger partial charge in [0, 0.05) is 42.3 Å². The third kappa shape index (κ3) is 3.80. The van der Waals surface area contributed by atoms with Gasteiger partial charge in [-0.1, -0.05) is 41.9 Å². The maximum atomic E-state index is 12.9. The van der Waals surface area contributed by atoms with Gasteiger partial charge in [0.1, 0.15) is 0 Å². The highest BCUT2D eigenvalue weighted by Gasteiger charge is 2.45. The number of aryl methyl sites for hydroxylation is 1. The summed E-state index contributed by atoms with van der Waals surface area (Å²) >= 11 is 6.03. The zero-order chi connectivity index (χ0) is 23.0. The maximum absolute atomic E-state index is 12.9. The Labute approximate surface area is 190 Å². The van der Waals surface area contributed by atoms with Crippen LogP contribution in [0.5, 0.6) is 0 Å². The molecule has 2 aromatic carbocycles. The monoisotopic (exact) mass is 450 g/mol. The highest BCUT2D eigenvalue weighted by Crippen LogP contribution is 2.24. The number of rotatable bonds is 5. The molecule has 0 atom stereocenters. The Morgan fingerprint density at radius 1 is 1.00 bits per heavy atom. The Morgan fingerprint density at radius 3 is 2.28 bits per heavy atom. The zero-order valence-corrected chi connectivity index (χ0v) is 18.8. The highest BCUT2D eigenvalue weighted by atomic mass is 35.5. The van der Waals surface area contributed by atoms with E-state index in [0.717, 1.165) is 32.0 Å². The molecule has 8 heteroatoms. The Balaban J connectivity index is 1.71. The number of carbonyl (C=O) groups is 3. The lowest BCUT2D eigenvalue weighted by molar-refractivity contribution is -0.144. The number of barbiturate groups is 1. The Hall–Kier alpha value is -3.45. The number of aromatic amines is 1. The number of H-pyrrole nitrogens is 1. The molecule has 1 saturated heterocycles. The van der Waals surface area contributed by atoms with E-state index in [9.17, 15) is 14.4 Å². The molecule has 1 aliphatic rings. The van der Waals surface area contributed by atoms with Gasteiger partial charge in [-0.2, -0.15) is 0 Å². The van der Waals surface area contributed by atoms with Gasteiger partial charge in [-0.3, -0.25) is 24.4 Å². The van der Waals surface area contributed by atoms with Gasteiger partial charge < -0.3 is 4.98 Å². The molecule has 0 bridgehead atoms. The van der Waals surface area contributed by atoms with Crippen molar-refractivity contribution in [1.82, 2.24) is 14.8 Å². The minimum absolute atomic E-state index is 0.334. The van der Waals surface area contributed by atoms with Crippen molar-refractivity contribution in [2.45, 2.75) is 13.3 Å². The molecule has 1 N–H and O–H groups in total. The molecule has 0 saturated carbocycles. The average Bonchev–Trinajstić information content (AvgIpc) is 3.11. The summed E-state index contributed by atoms with van der Waals surface area (Å²) < 4.78 is 0. The SMILES string of the molecule is Cc1[nH]c2ccccc2c1CCN=C(c1ccc(Cl)cc1)C1C(=O)N(C)C(=O)N(C)C1=O. The van der Waals surface area contributed by atoms with Crippen molar-refractivity contribution >= 4 is 46.1 Å². The Bertz CT molecular complexity index is 1220. The number of benzene rings is 2. The van der Waals surface area contributed by atoms with Crippen LogP contribution in [0.1, 0.15) is 16.8 Å². The van der Waals surface area contributed by atoms with Crippen LogP contribution in [0.2, 0.25) is 5.02 Å². The molecule has 0 aliphatic carbocycles. The fraction of sp³-hybridized carbons (Fsp3) is 0.250. The zero-order valence-electron chi connectivity index (χ0n) is 18.1. The lowest BCUT2D eigenvalue weighted by Crippen LogP contribution is -2.59. The van der Waals surface area contributed by atoms with Gasteiger partial charge in [0.15, 0.2) is 5.92 Å². The largest absolute Gasteiger partial charge is 0.358 e. The van der Waals surface area contributed by atoms with E-state index in [4.69, 9.17) is 16.6 Å². The molecule has 0 radical (unpaired) electrons. The quantitative estimate of drug-likeness (QED) is 0.473. The molecule has 1 aromatic heterocycles. The number of aliphatic imine (C=N–C) groups is 1. The molecule has 3 aromatic rings. The van der Waals surface area contributed by atoms with Crippen molar-refractivity contribution < 1.29 is 14.4 Å². The van der Waals surface area contributed by atoms with E-state index in [1.54, 1.807) is 24.3 Å². The third-order valence-corrected chi connectivity index (χ3v) is 6.07. The third-order valence-electron chi connectivity index (χ3n) is 5.81. The topological polar surface area (TPSA) is 85.8 Å². The molecule has 1 aliphatic heterocycles. The molecule has 7 nitrogen and oxygen atoms in total. The van der Waals surface area contributed by atoms with Crippen LogP contribution >= 0.6 is 11.6 Å². The Kier molecular flexibility index (Phi) is 5.84. The van der Waals surface area contributed by atoms with Crippen molar-refractivity contribution in [3.8, 4) is 0 Å². The van der Waals surface area contributed by atoms with Gasteiger partial charge in [-0.25, -0.2) is 4.79 Å². The van der Waals surface area contributed by atoms with E-state index < -0.39 is 23.8 Å². The van der Waals surface area contributed by atoms with Crippen LogP contribution in [0.15, 0.2) is 53.5 Å². The summed E-state index contributed by atoms with van der Waals surface area (Å²) in [4.78, 5) is 48.1. The molecule has 0 spiro atoms. The van der Waals surface area contributed by atoms with Crippen molar-refractivity contribution in [2.75, 3.05) is 20.6 Å². The number of aromatic nitrogens is 1. The molecule has 32 heavy (non-hydrogen) atoms. The fourth-order valence-electron chi connectivity index (χ4n) is 4.06. The molecule has 164 valence electrons. The van der Waals surface area contributed by atoms with Crippen molar-refractivity contribution in [1.29, 1.82) is 0 Å². The van der Waals surface area contributed by atoms with Crippen molar-refractivity contribution in [3.05, 3.63) is 70.4 Å². The van der Waals surface area contributed by atoms with E-state index in [2.05, 4.69) is 11.1 Å². The van der Waals surface area contributed by atoms with Gasteiger partial charge in [0.2, 0.25) is 11.8 Å². The molecular weight excluding hydrogens is 428 g/mol. The second-order valence-corrected chi connectivity index (χ2v) is 8.24. The lowest BCUT2D eigenvalue weighted by Gasteiger charge is -2.33. The summed E-state index contributed by atoms with van der Waals surface area (Å²) in [5.41, 5.74) is 4.21. The number of carbonyl (C=O) groups excluding carboxylic acids is 3. The highest BCUT2D eigenvalue weighted by molar-refractivity contribution is 6.32. The minimum Gasteiger partial charge on any atom is -0.358 e. The van der Waals surface area contributed by atoms with Crippen LogP contribution in [-0.4, -0.2) is 59.0 Å². The first-order chi connectivity index (χ1) is 15.3. The summed E-state index contributed by atoms with van der Waals surface area (Å²) in [5.74, 6) is -2.36. The molecule has 0 unspecified atom stereocenters. The summed E-state index contributed by atoms with van der Waals surface area (Å²) in [5, 5.41) is 1.66. The van der Waals surface area contributed by atoms with Gasteiger partial charge in [0.25, 0.3) is 0 Å². The van der Waals surface area contributed by atoms with Crippen LogP contribution in [0.3, 0.4) is 0 Å². The number of halogens is 1. The van der Waals surface area contributed by atoms with E-state index in [1.165, 1.54) is 14.1 Å². The molecule has 4 amide bonds. The van der Waals surface area contributed by atoms with Gasteiger partial charge >= 0.3 is 6.03 Å². The van der Waals surface area contributed by atoms with Gasteiger partial charge in [-0.15, -0.1) is 0 Å². The normalized spacial score (nSPS) is 15.9. The van der Waals surface area contributed by atoms with Crippen LogP contribution < -0.4 is 0 Å². The molecular formula is C24H23ClN4O3. The first kappa shape index (κ1) is 21.8. The molecule has 2 heterocycles. The standard InChI is InChI=1S/C24H23ClN4O3/c1-14-17(18-6-4-5-7-19(18)27-14)12-13-26-21(15-8-10-16(25)11-9-15)20-22(30)28(2)24(32)29(3)23(20)31/h4-11,20,27H,12-13H2,1-3H3. The number of para-hydroxylation sites is 1. The van der Waals surface area contributed by atoms with Crippen molar-refractivity contribution in [2.24, 2.45) is 10.9 Å². The predicted molar refractivity (Wildman–Crippen MR) is 124 cm³/mol. The smallest absolute Gasteiger partial charge is 0.332 e. The number of hydrogen-bond donors (Lipinski definition) is 1. The number of nitrogens with zero attached hydrogens (tertiary/aromatic N) is 3. The number of hydrogen-bond acceptors (Lipinski definition) is 4. The summed E-state index contributed by atoms with van der Waals surface area (Å²) in [6.45, 7) is 2.39. The van der Waals surface area contributed by atoms with Crippen LogP contribution in [0.4, 0.5) is 4.79 Å². The van der Waals surface area contributed by atoms with E-state index >= 15 is 0 Å². The van der Waals surface area contributed by atoms with E-state index in [1.807, 2.05) is 25.1 Å². The average molecular weight is 451 g/mol. The second-order valence-electron chi connectivity index (χ2n) is 7.81. The van der Waals surface area contributed by atoms with Crippen LogP contribution in [-0.2, 0) is 16.0 Å². The number of fused-ring (bicyclic) bond motifs is 1.